The first-order valence-corrected chi connectivity index (χ1v) is 10.9. The van der Waals surface area contributed by atoms with Crippen LogP contribution in [0.25, 0.3) is 10.2 Å². The summed E-state index contributed by atoms with van der Waals surface area (Å²) in [6.07, 6.45) is 4.36. The predicted molar refractivity (Wildman–Crippen MR) is 114 cm³/mol. The zero-order valence-electron chi connectivity index (χ0n) is 16.1. The fourth-order valence-corrected chi connectivity index (χ4v) is 5.56. The van der Waals surface area contributed by atoms with Crippen LogP contribution in [0.1, 0.15) is 31.2 Å². The molecular weight excluding hydrogens is 384 g/mol. The number of aromatic nitrogens is 1. The number of nitrogens with two attached hydrogens (primary N) is 1. The standard InChI is InChI=1S/C22H24N4O2S/c23-21(27)24-15-11-16-7-8-17(12-15)26(16)13-14-5-9-18(10-6-14)28-22-25-19-3-1-2-4-20(19)29-22/h1-6,9-10,15-17H,7-8,11-13H2,(H3,23,24,27)/t15-,16+,17-. The first-order chi connectivity index (χ1) is 14.1. The highest BCUT2D eigenvalue weighted by Gasteiger charge is 2.40. The van der Waals surface area contributed by atoms with E-state index in [1.165, 1.54) is 18.4 Å². The number of hydrogen-bond donors (Lipinski definition) is 2. The molecule has 29 heavy (non-hydrogen) atoms. The molecule has 150 valence electrons. The molecule has 2 amide bonds. The van der Waals surface area contributed by atoms with E-state index in [1.54, 1.807) is 11.3 Å². The van der Waals surface area contributed by atoms with Crippen LogP contribution in [0.15, 0.2) is 48.5 Å². The van der Waals surface area contributed by atoms with Crippen LogP contribution >= 0.6 is 11.3 Å². The number of thiazole rings is 1. The molecule has 3 heterocycles. The number of nitrogens with one attached hydrogen (secondary N) is 1. The summed E-state index contributed by atoms with van der Waals surface area (Å²) in [5.41, 5.74) is 7.55. The van der Waals surface area contributed by atoms with E-state index in [1.807, 2.05) is 30.3 Å². The summed E-state index contributed by atoms with van der Waals surface area (Å²) in [4.78, 5) is 18.3. The monoisotopic (exact) mass is 408 g/mol. The average Bonchev–Trinajstić information content (AvgIpc) is 3.20. The van der Waals surface area contributed by atoms with Gasteiger partial charge in [-0.25, -0.2) is 9.78 Å². The van der Waals surface area contributed by atoms with Crippen molar-refractivity contribution in [2.24, 2.45) is 5.73 Å². The number of hydrogen-bond acceptors (Lipinski definition) is 5. The van der Waals surface area contributed by atoms with Gasteiger partial charge in [0.2, 0.25) is 0 Å². The number of carbonyl (C=O) groups is 1. The molecule has 0 radical (unpaired) electrons. The van der Waals surface area contributed by atoms with E-state index < -0.39 is 6.03 Å². The molecule has 0 spiro atoms. The summed E-state index contributed by atoms with van der Waals surface area (Å²) in [6.45, 7) is 0.931. The van der Waals surface area contributed by atoms with Crippen molar-refractivity contribution in [1.82, 2.24) is 15.2 Å². The molecule has 0 unspecified atom stereocenters. The lowest BCUT2D eigenvalue weighted by molar-refractivity contribution is 0.112. The van der Waals surface area contributed by atoms with Gasteiger partial charge in [0.05, 0.1) is 10.2 Å². The molecule has 2 aliphatic heterocycles. The third kappa shape index (κ3) is 3.93. The summed E-state index contributed by atoms with van der Waals surface area (Å²) in [5.74, 6) is 0.806. The Kier molecular flexibility index (Phi) is 4.85. The second-order valence-corrected chi connectivity index (χ2v) is 8.92. The number of amides is 2. The summed E-state index contributed by atoms with van der Waals surface area (Å²) in [7, 11) is 0. The average molecular weight is 409 g/mol. The van der Waals surface area contributed by atoms with Crippen molar-refractivity contribution < 1.29 is 9.53 Å². The smallest absolute Gasteiger partial charge is 0.312 e. The van der Waals surface area contributed by atoms with E-state index in [0.717, 1.165) is 35.4 Å². The second-order valence-electron chi connectivity index (χ2n) is 7.93. The van der Waals surface area contributed by atoms with Crippen LogP contribution in [0.3, 0.4) is 0 Å². The van der Waals surface area contributed by atoms with Crippen molar-refractivity contribution in [2.75, 3.05) is 0 Å². The van der Waals surface area contributed by atoms with Crippen LogP contribution in [0.5, 0.6) is 10.9 Å². The quantitative estimate of drug-likeness (QED) is 0.661. The van der Waals surface area contributed by atoms with Gasteiger partial charge in [0, 0.05) is 24.7 Å². The van der Waals surface area contributed by atoms with E-state index in [2.05, 4.69) is 33.4 Å². The molecule has 2 aliphatic rings. The van der Waals surface area contributed by atoms with Crippen molar-refractivity contribution in [3.8, 4) is 10.9 Å². The number of carbonyl (C=O) groups excluding carboxylic acids is 1. The molecule has 2 fully saturated rings. The van der Waals surface area contributed by atoms with Gasteiger partial charge in [-0.1, -0.05) is 35.6 Å². The van der Waals surface area contributed by atoms with Crippen molar-refractivity contribution in [3.63, 3.8) is 0 Å². The second kappa shape index (κ2) is 7.65. The Bertz CT molecular complexity index is 972. The highest BCUT2D eigenvalue weighted by molar-refractivity contribution is 7.20. The Hall–Kier alpha value is -2.64. The number of para-hydroxylation sites is 1. The summed E-state index contributed by atoms with van der Waals surface area (Å²) < 4.78 is 7.08. The molecular formula is C22H24N4O2S. The van der Waals surface area contributed by atoms with Crippen LogP contribution in [0.4, 0.5) is 4.79 Å². The molecule has 7 heteroatoms. The SMILES string of the molecule is NC(=O)N[C@H]1C[C@H]2CC[C@@H](C1)N2Cc1ccc(Oc2nc3ccccc3s2)cc1. The summed E-state index contributed by atoms with van der Waals surface area (Å²) in [6, 6.07) is 17.2. The number of rotatable bonds is 5. The van der Waals surface area contributed by atoms with Crippen molar-refractivity contribution >= 4 is 27.6 Å². The normalized spacial score (nSPS) is 23.9. The molecule has 1 aromatic heterocycles. The van der Waals surface area contributed by atoms with Gasteiger partial charge >= 0.3 is 6.03 Å². The number of fused-ring (bicyclic) bond motifs is 3. The third-order valence-corrected chi connectivity index (χ3v) is 6.91. The van der Waals surface area contributed by atoms with Gasteiger partial charge in [0.25, 0.3) is 5.19 Å². The number of urea groups is 1. The van der Waals surface area contributed by atoms with Crippen LogP contribution in [0.2, 0.25) is 0 Å². The first-order valence-electron chi connectivity index (χ1n) is 10.1. The lowest BCUT2D eigenvalue weighted by Crippen LogP contribution is -2.51. The Balaban J connectivity index is 1.22. The molecule has 2 bridgehead atoms. The third-order valence-electron chi connectivity index (χ3n) is 6.00. The minimum Gasteiger partial charge on any atom is -0.431 e. The van der Waals surface area contributed by atoms with Crippen molar-refractivity contribution in [1.29, 1.82) is 0 Å². The fraction of sp³-hybridized carbons (Fsp3) is 0.364. The Labute approximate surface area is 173 Å². The number of benzene rings is 2. The molecule has 2 saturated heterocycles. The van der Waals surface area contributed by atoms with Gasteiger partial charge < -0.3 is 15.8 Å². The van der Waals surface area contributed by atoms with Crippen molar-refractivity contribution in [3.05, 3.63) is 54.1 Å². The lowest BCUT2D eigenvalue weighted by atomic mass is 9.96. The maximum absolute atomic E-state index is 11.2. The highest BCUT2D eigenvalue weighted by atomic mass is 32.1. The molecule has 0 saturated carbocycles. The van der Waals surface area contributed by atoms with Gasteiger partial charge in [-0.15, -0.1) is 0 Å². The van der Waals surface area contributed by atoms with E-state index in [0.29, 0.717) is 17.3 Å². The van der Waals surface area contributed by atoms with Crippen molar-refractivity contribution in [2.45, 2.75) is 50.4 Å². The van der Waals surface area contributed by atoms with Crippen LogP contribution < -0.4 is 15.8 Å². The van der Waals surface area contributed by atoms with Gasteiger partial charge in [-0.3, -0.25) is 4.90 Å². The number of piperidine rings is 1. The van der Waals surface area contributed by atoms with E-state index in [4.69, 9.17) is 10.5 Å². The Morgan fingerprint density at radius 1 is 1.14 bits per heavy atom. The zero-order chi connectivity index (χ0) is 19.8. The molecule has 5 rings (SSSR count). The molecule has 0 aliphatic carbocycles. The maximum Gasteiger partial charge on any atom is 0.312 e. The molecule has 3 aromatic rings. The molecule has 2 aromatic carbocycles. The lowest BCUT2D eigenvalue weighted by Gasteiger charge is -2.39. The highest BCUT2D eigenvalue weighted by Crippen LogP contribution is 2.37. The van der Waals surface area contributed by atoms with Crippen LogP contribution in [-0.2, 0) is 6.54 Å². The first kappa shape index (κ1) is 18.4. The minimum absolute atomic E-state index is 0.214. The summed E-state index contributed by atoms with van der Waals surface area (Å²) in [5, 5.41) is 3.57. The number of primary amides is 1. The van der Waals surface area contributed by atoms with E-state index in [-0.39, 0.29) is 6.04 Å². The van der Waals surface area contributed by atoms with Gasteiger partial charge in [0.1, 0.15) is 5.75 Å². The number of nitrogens with zero attached hydrogens (tertiary/aromatic N) is 2. The Morgan fingerprint density at radius 2 is 1.86 bits per heavy atom. The predicted octanol–water partition coefficient (Wildman–Crippen LogP) is 4.25. The molecule has 6 nitrogen and oxygen atoms in total. The fourth-order valence-electron chi connectivity index (χ4n) is 4.72. The topological polar surface area (TPSA) is 80.5 Å². The number of ether oxygens (including phenoxy) is 1. The van der Waals surface area contributed by atoms with Crippen LogP contribution in [-0.4, -0.2) is 34.0 Å². The molecule has 3 N–H and O–H groups in total. The summed E-state index contributed by atoms with van der Waals surface area (Å²) >= 11 is 1.56. The van der Waals surface area contributed by atoms with Gasteiger partial charge in [-0.05, 0) is 55.5 Å². The Morgan fingerprint density at radius 3 is 2.55 bits per heavy atom. The molecule has 3 atom stereocenters. The maximum atomic E-state index is 11.2. The van der Waals surface area contributed by atoms with Gasteiger partial charge in [0.15, 0.2) is 0 Å². The van der Waals surface area contributed by atoms with E-state index >= 15 is 0 Å². The largest absolute Gasteiger partial charge is 0.431 e. The van der Waals surface area contributed by atoms with Crippen LogP contribution in [0, 0.1) is 0 Å². The minimum atomic E-state index is -0.411. The van der Waals surface area contributed by atoms with Gasteiger partial charge in [-0.2, -0.15) is 0 Å². The van der Waals surface area contributed by atoms with E-state index in [9.17, 15) is 4.79 Å². The zero-order valence-corrected chi connectivity index (χ0v) is 16.9.